The van der Waals surface area contributed by atoms with Gasteiger partial charge in [-0.2, -0.15) is 0 Å². The number of hydrogen-bond acceptors (Lipinski definition) is 3. The van der Waals surface area contributed by atoms with Crippen LogP contribution in [-0.2, 0) is 0 Å². The number of hydrogen-bond donors (Lipinski definition) is 2. The summed E-state index contributed by atoms with van der Waals surface area (Å²) in [6.45, 7) is 3.43. The van der Waals surface area contributed by atoms with Crippen LogP contribution in [0, 0.1) is 5.41 Å². The molecule has 0 aliphatic heterocycles. The van der Waals surface area contributed by atoms with Crippen LogP contribution in [0.15, 0.2) is 17.6 Å². The molecule has 4 heteroatoms. The molecular formula is C5H9N3S. The van der Waals surface area contributed by atoms with Crippen molar-refractivity contribution in [2.75, 3.05) is 5.88 Å². The van der Waals surface area contributed by atoms with Crippen molar-refractivity contribution in [2.24, 2.45) is 10.7 Å². The Kier molecular flexibility index (Phi) is 4.91. The highest BCUT2D eigenvalue weighted by Crippen LogP contribution is 1.95. The van der Waals surface area contributed by atoms with Crippen molar-refractivity contribution in [1.29, 1.82) is 5.41 Å². The SMILES string of the molecule is C=C/C=N\CSC(=N)N. The Morgan fingerprint density at radius 1 is 1.89 bits per heavy atom. The van der Waals surface area contributed by atoms with E-state index in [1.807, 2.05) is 0 Å². The third-order valence-corrected chi connectivity index (χ3v) is 1.09. The molecule has 0 spiro atoms. The molecule has 0 heterocycles. The molecule has 3 N–H and O–H groups in total. The van der Waals surface area contributed by atoms with Gasteiger partial charge in [-0.25, -0.2) is 0 Å². The lowest BCUT2D eigenvalue weighted by Gasteiger charge is -1.88. The van der Waals surface area contributed by atoms with E-state index in [-0.39, 0.29) is 5.17 Å². The topological polar surface area (TPSA) is 62.2 Å². The zero-order valence-corrected chi connectivity index (χ0v) is 5.82. The number of nitrogens with one attached hydrogen (secondary N) is 1. The van der Waals surface area contributed by atoms with E-state index in [1.165, 1.54) is 11.8 Å². The largest absolute Gasteiger partial charge is 0.379 e. The molecule has 0 bridgehead atoms. The second-order valence-corrected chi connectivity index (χ2v) is 2.19. The minimum atomic E-state index is 0.0937. The molecule has 0 aromatic heterocycles. The lowest BCUT2D eigenvalue weighted by Crippen LogP contribution is -2.03. The predicted octanol–water partition coefficient (Wildman–Crippen LogP) is 0.827. The predicted molar refractivity (Wildman–Crippen MR) is 43.1 cm³/mol. The van der Waals surface area contributed by atoms with Gasteiger partial charge in [0.25, 0.3) is 0 Å². The van der Waals surface area contributed by atoms with Crippen LogP contribution in [0.1, 0.15) is 0 Å². The smallest absolute Gasteiger partial charge is 0.152 e. The molecule has 0 aliphatic carbocycles. The summed E-state index contributed by atoms with van der Waals surface area (Å²) in [6, 6.07) is 0. The van der Waals surface area contributed by atoms with Gasteiger partial charge in [0.15, 0.2) is 5.17 Å². The molecule has 0 saturated carbocycles. The normalized spacial score (nSPS) is 9.78. The number of nitrogens with two attached hydrogens (primary N) is 1. The van der Waals surface area contributed by atoms with Crippen molar-refractivity contribution >= 4 is 23.1 Å². The monoisotopic (exact) mass is 143 g/mol. The van der Waals surface area contributed by atoms with Crippen LogP contribution in [0.4, 0.5) is 0 Å². The fourth-order valence-corrected chi connectivity index (χ4v) is 0.524. The fraction of sp³-hybridized carbons (Fsp3) is 0.200. The van der Waals surface area contributed by atoms with E-state index >= 15 is 0 Å². The summed E-state index contributed by atoms with van der Waals surface area (Å²) in [6.07, 6.45) is 3.16. The molecule has 0 amide bonds. The first-order valence-corrected chi connectivity index (χ1v) is 3.33. The van der Waals surface area contributed by atoms with Gasteiger partial charge in [0.1, 0.15) is 0 Å². The summed E-state index contributed by atoms with van der Waals surface area (Å²) < 4.78 is 0. The first-order chi connectivity index (χ1) is 4.27. The van der Waals surface area contributed by atoms with Crippen LogP contribution in [0.25, 0.3) is 0 Å². The molecule has 9 heavy (non-hydrogen) atoms. The van der Waals surface area contributed by atoms with Crippen LogP contribution in [0.5, 0.6) is 0 Å². The molecule has 3 nitrogen and oxygen atoms in total. The number of thioether (sulfide) groups is 1. The van der Waals surface area contributed by atoms with Crippen LogP contribution >= 0.6 is 11.8 Å². The Labute approximate surface area is 58.6 Å². The molecule has 0 aliphatic rings. The van der Waals surface area contributed by atoms with Crippen LogP contribution in [0.3, 0.4) is 0 Å². The molecule has 0 atom stereocenters. The summed E-state index contributed by atoms with van der Waals surface area (Å²) in [5.41, 5.74) is 5.02. The Balaban J connectivity index is 3.19. The van der Waals surface area contributed by atoms with Crippen molar-refractivity contribution in [3.63, 3.8) is 0 Å². The van der Waals surface area contributed by atoms with Crippen LogP contribution in [0.2, 0.25) is 0 Å². The van der Waals surface area contributed by atoms with Gasteiger partial charge in [0.2, 0.25) is 0 Å². The first-order valence-electron chi connectivity index (χ1n) is 2.35. The highest BCUT2D eigenvalue weighted by molar-refractivity contribution is 8.13. The number of aliphatic imine (C=N–C) groups is 1. The Hall–Kier alpha value is -0.770. The molecule has 50 valence electrons. The number of allylic oxidation sites excluding steroid dienone is 1. The minimum Gasteiger partial charge on any atom is -0.379 e. The minimum absolute atomic E-state index is 0.0937. The Morgan fingerprint density at radius 3 is 3.00 bits per heavy atom. The van der Waals surface area contributed by atoms with Crippen molar-refractivity contribution in [2.45, 2.75) is 0 Å². The van der Waals surface area contributed by atoms with Gasteiger partial charge in [-0.3, -0.25) is 10.4 Å². The second-order valence-electron chi connectivity index (χ2n) is 1.21. The number of amidine groups is 1. The maximum absolute atomic E-state index is 6.77. The highest BCUT2D eigenvalue weighted by atomic mass is 32.2. The molecule has 0 unspecified atom stereocenters. The standard InChI is InChI=1S/C5H9N3S/c1-2-3-8-4-9-5(6)7/h2-3H,1,4H2,(H3,6,7)/b8-3-. The van der Waals surface area contributed by atoms with E-state index in [4.69, 9.17) is 11.1 Å². The van der Waals surface area contributed by atoms with Gasteiger partial charge in [-0.05, 0) is 0 Å². The molecule has 0 aromatic carbocycles. The zero-order valence-electron chi connectivity index (χ0n) is 5.00. The third-order valence-electron chi connectivity index (χ3n) is 0.505. The summed E-state index contributed by atoms with van der Waals surface area (Å²) in [5, 5.41) is 6.86. The van der Waals surface area contributed by atoms with E-state index in [0.717, 1.165) is 0 Å². The van der Waals surface area contributed by atoms with Crippen LogP contribution < -0.4 is 5.73 Å². The average molecular weight is 143 g/mol. The second kappa shape index (κ2) is 5.37. The number of nitrogens with zero attached hydrogens (tertiary/aromatic N) is 1. The maximum atomic E-state index is 6.77. The van der Waals surface area contributed by atoms with Gasteiger partial charge in [0.05, 0.1) is 5.88 Å². The van der Waals surface area contributed by atoms with E-state index in [0.29, 0.717) is 5.88 Å². The van der Waals surface area contributed by atoms with Gasteiger partial charge < -0.3 is 5.73 Å². The van der Waals surface area contributed by atoms with Crippen molar-refractivity contribution in [3.8, 4) is 0 Å². The van der Waals surface area contributed by atoms with Gasteiger partial charge in [-0.1, -0.05) is 24.4 Å². The van der Waals surface area contributed by atoms with Crippen molar-refractivity contribution in [1.82, 2.24) is 0 Å². The first kappa shape index (κ1) is 8.23. The average Bonchev–Trinajstić information content (AvgIpc) is 1.80. The lowest BCUT2D eigenvalue weighted by molar-refractivity contribution is 1.40. The fourth-order valence-electron chi connectivity index (χ4n) is 0.224. The Morgan fingerprint density at radius 2 is 2.56 bits per heavy atom. The van der Waals surface area contributed by atoms with E-state index in [2.05, 4.69) is 11.6 Å². The molecule has 0 aromatic rings. The molecular weight excluding hydrogens is 134 g/mol. The van der Waals surface area contributed by atoms with Crippen LogP contribution in [-0.4, -0.2) is 17.3 Å². The summed E-state index contributed by atoms with van der Waals surface area (Å²) >= 11 is 1.19. The molecule has 0 saturated heterocycles. The van der Waals surface area contributed by atoms with Gasteiger partial charge in [-0.15, -0.1) is 0 Å². The molecule has 0 rings (SSSR count). The van der Waals surface area contributed by atoms with E-state index in [1.54, 1.807) is 12.3 Å². The summed E-state index contributed by atoms with van der Waals surface area (Å²) in [5.74, 6) is 0.501. The lowest BCUT2D eigenvalue weighted by atomic mass is 10.7. The zero-order chi connectivity index (χ0) is 7.11. The summed E-state index contributed by atoms with van der Waals surface area (Å²) in [7, 11) is 0. The number of rotatable bonds is 3. The quantitative estimate of drug-likeness (QED) is 0.454. The van der Waals surface area contributed by atoms with E-state index < -0.39 is 0 Å². The van der Waals surface area contributed by atoms with Gasteiger partial charge in [0, 0.05) is 6.21 Å². The maximum Gasteiger partial charge on any atom is 0.152 e. The third kappa shape index (κ3) is 7.23. The summed E-state index contributed by atoms with van der Waals surface area (Å²) in [4.78, 5) is 3.83. The van der Waals surface area contributed by atoms with Crippen molar-refractivity contribution in [3.05, 3.63) is 12.7 Å². The highest BCUT2D eigenvalue weighted by Gasteiger charge is 1.83. The molecule has 0 fully saturated rings. The van der Waals surface area contributed by atoms with Gasteiger partial charge >= 0.3 is 0 Å². The Bertz CT molecular complexity index is 130. The van der Waals surface area contributed by atoms with E-state index in [9.17, 15) is 0 Å². The van der Waals surface area contributed by atoms with Crippen molar-refractivity contribution < 1.29 is 0 Å². The molecule has 0 radical (unpaired) electrons.